The molecule has 0 fully saturated rings. The quantitative estimate of drug-likeness (QED) is 0.823. The predicted octanol–water partition coefficient (Wildman–Crippen LogP) is 5.15. The highest BCUT2D eigenvalue weighted by atomic mass is 79.9. The molecule has 0 radical (unpaired) electrons. The van der Waals surface area contributed by atoms with Gasteiger partial charge in [-0.1, -0.05) is 37.3 Å². The van der Waals surface area contributed by atoms with Crippen molar-refractivity contribution < 1.29 is 4.39 Å². The van der Waals surface area contributed by atoms with E-state index in [0.717, 1.165) is 12.1 Å². The van der Waals surface area contributed by atoms with Gasteiger partial charge in [0.2, 0.25) is 0 Å². The highest BCUT2D eigenvalue weighted by Crippen LogP contribution is 2.25. The van der Waals surface area contributed by atoms with E-state index in [2.05, 4.69) is 40.3 Å². The normalized spacial score (nSPS) is 12.2. The van der Waals surface area contributed by atoms with E-state index in [1.807, 2.05) is 24.3 Å². The van der Waals surface area contributed by atoms with Gasteiger partial charge in [-0.3, -0.25) is 0 Å². The lowest BCUT2D eigenvalue weighted by atomic mass is 10.0. The number of rotatable bonds is 4. The summed E-state index contributed by atoms with van der Waals surface area (Å²) in [6, 6.07) is 15.5. The highest BCUT2D eigenvalue weighted by molar-refractivity contribution is 9.10. The molecule has 0 aromatic heterocycles. The van der Waals surface area contributed by atoms with E-state index in [9.17, 15) is 4.39 Å². The summed E-state index contributed by atoms with van der Waals surface area (Å²) in [7, 11) is 0. The van der Waals surface area contributed by atoms with Crippen LogP contribution in [0.2, 0.25) is 0 Å². The minimum atomic E-state index is -0.247. The van der Waals surface area contributed by atoms with Crippen LogP contribution in [0.15, 0.2) is 53.0 Å². The fourth-order valence-corrected chi connectivity index (χ4v) is 2.14. The van der Waals surface area contributed by atoms with Gasteiger partial charge in [-0.15, -0.1) is 0 Å². The molecule has 18 heavy (non-hydrogen) atoms. The molecular weight excluding hydrogens is 293 g/mol. The van der Waals surface area contributed by atoms with Crippen molar-refractivity contribution in [2.24, 2.45) is 0 Å². The van der Waals surface area contributed by atoms with Crippen LogP contribution >= 0.6 is 15.9 Å². The third-order valence-corrected chi connectivity index (χ3v) is 3.51. The molecule has 0 heterocycles. The Morgan fingerprint density at radius 2 is 1.89 bits per heavy atom. The largest absolute Gasteiger partial charge is 0.378 e. The van der Waals surface area contributed by atoms with Gasteiger partial charge < -0.3 is 5.32 Å². The van der Waals surface area contributed by atoms with E-state index in [4.69, 9.17) is 0 Å². The third-order valence-electron chi connectivity index (χ3n) is 2.87. The zero-order chi connectivity index (χ0) is 13.0. The Balaban J connectivity index is 2.18. The van der Waals surface area contributed by atoms with E-state index in [1.165, 1.54) is 11.6 Å². The summed E-state index contributed by atoms with van der Waals surface area (Å²) in [4.78, 5) is 0. The van der Waals surface area contributed by atoms with Crippen LogP contribution in [0, 0.1) is 5.82 Å². The molecule has 0 saturated carbocycles. The average molecular weight is 308 g/mol. The maximum atomic E-state index is 13.4. The first-order valence-corrected chi connectivity index (χ1v) is 6.76. The van der Waals surface area contributed by atoms with Crippen LogP contribution in [-0.4, -0.2) is 0 Å². The maximum Gasteiger partial charge on any atom is 0.139 e. The lowest BCUT2D eigenvalue weighted by Crippen LogP contribution is -2.09. The van der Waals surface area contributed by atoms with Gasteiger partial charge in [-0.05, 0) is 46.1 Å². The predicted molar refractivity (Wildman–Crippen MR) is 77.2 cm³/mol. The molecule has 0 aliphatic carbocycles. The molecule has 0 bridgehead atoms. The first kappa shape index (κ1) is 13.1. The molecular formula is C15H15BrFN. The van der Waals surface area contributed by atoms with Gasteiger partial charge in [0.25, 0.3) is 0 Å². The van der Waals surface area contributed by atoms with Crippen molar-refractivity contribution in [2.75, 3.05) is 5.32 Å². The summed E-state index contributed by atoms with van der Waals surface area (Å²) in [6.45, 7) is 2.11. The number of anilines is 1. The van der Waals surface area contributed by atoms with Crippen LogP contribution in [-0.2, 0) is 0 Å². The molecule has 3 heteroatoms. The number of halogens is 2. The molecule has 0 saturated heterocycles. The van der Waals surface area contributed by atoms with Crippen LogP contribution in [0.25, 0.3) is 0 Å². The monoisotopic (exact) mass is 307 g/mol. The number of hydrogen-bond donors (Lipinski definition) is 1. The Morgan fingerprint density at radius 1 is 1.17 bits per heavy atom. The molecule has 1 unspecified atom stereocenters. The second kappa shape index (κ2) is 6.01. The summed E-state index contributed by atoms with van der Waals surface area (Å²) < 4.78 is 13.9. The van der Waals surface area contributed by atoms with Crippen molar-refractivity contribution in [3.05, 3.63) is 64.4 Å². The Kier molecular flexibility index (Phi) is 4.37. The fraction of sp³-hybridized carbons (Fsp3) is 0.200. The second-order valence-corrected chi connectivity index (χ2v) is 5.00. The van der Waals surface area contributed by atoms with Gasteiger partial charge in [0, 0.05) is 5.69 Å². The molecule has 0 aliphatic heterocycles. The highest BCUT2D eigenvalue weighted by Gasteiger charge is 2.09. The summed E-state index contributed by atoms with van der Waals surface area (Å²) >= 11 is 3.15. The minimum absolute atomic E-state index is 0.201. The Labute approximate surface area is 115 Å². The zero-order valence-corrected chi connectivity index (χ0v) is 11.7. The Bertz CT molecular complexity index is 513. The van der Waals surface area contributed by atoms with Gasteiger partial charge in [0.15, 0.2) is 0 Å². The van der Waals surface area contributed by atoms with Crippen molar-refractivity contribution in [2.45, 2.75) is 19.4 Å². The molecule has 1 N–H and O–H groups in total. The average Bonchev–Trinajstić information content (AvgIpc) is 2.41. The lowest BCUT2D eigenvalue weighted by Gasteiger charge is -2.19. The molecule has 1 nitrogen and oxygen atoms in total. The summed E-state index contributed by atoms with van der Waals surface area (Å²) in [5, 5.41) is 3.35. The zero-order valence-electron chi connectivity index (χ0n) is 10.2. The molecule has 2 aromatic rings. The molecule has 94 valence electrons. The second-order valence-electron chi connectivity index (χ2n) is 4.14. The molecule has 0 aliphatic rings. The molecule has 2 aromatic carbocycles. The van der Waals surface area contributed by atoms with Crippen LogP contribution in [0.3, 0.4) is 0 Å². The number of hydrogen-bond acceptors (Lipinski definition) is 1. The molecule has 0 amide bonds. The van der Waals surface area contributed by atoms with E-state index in [-0.39, 0.29) is 11.9 Å². The van der Waals surface area contributed by atoms with E-state index in [1.54, 1.807) is 6.07 Å². The van der Waals surface area contributed by atoms with E-state index >= 15 is 0 Å². The minimum Gasteiger partial charge on any atom is -0.378 e. The third kappa shape index (κ3) is 3.10. The Morgan fingerprint density at radius 3 is 2.50 bits per heavy atom. The standard InChI is InChI=1S/C15H15BrFN/c1-2-15(11-6-4-3-5-7-11)18-12-8-9-13(16)14(17)10-12/h3-10,15,18H,2H2,1H3. The van der Waals surface area contributed by atoms with Crippen LogP contribution < -0.4 is 5.32 Å². The summed E-state index contributed by atoms with van der Waals surface area (Å²) in [5.74, 6) is -0.247. The van der Waals surface area contributed by atoms with Gasteiger partial charge in [0.1, 0.15) is 5.82 Å². The Hall–Kier alpha value is -1.35. The van der Waals surface area contributed by atoms with E-state index in [0.29, 0.717) is 4.47 Å². The van der Waals surface area contributed by atoms with Crippen LogP contribution in [0.5, 0.6) is 0 Å². The number of benzene rings is 2. The van der Waals surface area contributed by atoms with Crippen molar-refractivity contribution >= 4 is 21.6 Å². The topological polar surface area (TPSA) is 12.0 Å². The fourth-order valence-electron chi connectivity index (χ4n) is 1.89. The van der Waals surface area contributed by atoms with Gasteiger partial charge in [-0.25, -0.2) is 4.39 Å². The number of nitrogens with one attached hydrogen (secondary N) is 1. The van der Waals surface area contributed by atoms with Crippen molar-refractivity contribution in [3.8, 4) is 0 Å². The SMILES string of the molecule is CCC(Nc1ccc(Br)c(F)c1)c1ccccc1. The molecule has 2 rings (SSSR count). The smallest absolute Gasteiger partial charge is 0.139 e. The maximum absolute atomic E-state index is 13.4. The summed E-state index contributed by atoms with van der Waals surface area (Å²) in [5.41, 5.74) is 2.01. The molecule has 1 atom stereocenters. The molecule has 0 spiro atoms. The summed E-state index contributed by atoms with van der Waals surface area (Å²) in [6.07, 6.45) is 0.946. The lowest BCUT2D eigenvalue weighted by molar-refractivity contribution is 0.620. The van der Waals surface area contributed by atoms with E-state index < -0.39 is 0 Å². The van der Waals surface area contributed by atoms with Gasteiger partial charge in [0.05, 0.1) is 10.5 Å². The van der Waals surface area contributed by atoms with Gasteiger partial charge >= 0.3 is 0 Å². The van der Waals surface area contributed by atoms with Crippen molar-refractivity contribution in [3.63, 3.8) is 0 Å². The van der Waals surface area contributed by atoms with Crippen LogP contribution in [0.4, 0.5) is 10.1 Å². The van der Waals surface area contributed by atoms with Crippen molar-refractivity contribution in [1.82, 2.24) is 0 Å². The first-order chi connectivity index (χ1) is 8.70. The van der Waals surface area contributed by atoms with Crippen molar-refractivity contribution in [1.29, 1.82) is 0 Å². The van der Waals surface area contributed by atoms with Gasteiger partial charge in [-0.2, -0.15) is 0 Å². The first-order valence-electron chi connectivity index (χ1n) is 5.97. The van der Waals surface area contributed by atoms with Crippen LogP contribution in [0.1, 0.15) is 24.9 Å².